The van der Waals surface area contributed by atoms with Gasteiger partial charge >= 0.3 is 5.97 Å². The maximum Gasteiger partial charge on any atom is 0.338 e. The number of ether oxygens (including phenoxy) is 1. The molecule has 0 heterocycles. The Bertz CT molecular complexity index is 526. The zero-order chi connectivity index (χ0) is 14.4. The summed E-state index contributed by atoms with van der Waals surface area (Å²) in [6.07, 6.45) is 0.737. The number of hydrogen-bond donors (Lipinski definition) is 1. The van der Waals surface area contributed by atoms with E-state index in [1.807, 2.05) is 13.8 Å². The first-order valence-electron chi connectivity index (χ1n) is 5.65. The highest BCUT2D eigenvalue weighted by atomic mass is 16.6. The van der Waals surface area contributed by atoms with Gasteiger partial charge in [0.2, 0.25) is 0 Å². The number of hydrazone groups is 1. The third-order valence-electron chi connectivity index (χ3n) is 2.49. The van der Waals surface area contributed by atoms with Gasteiger partial charge in [-0.1, -0.05) is 6.92 Å². The van der Waals surface area contributed by atoms with Gasteiger partial charge < -0.3 is 4.74 Å². The van der Waals surface area contributed by atoms with E-state index >= 15 is 0 Å². The van der Waals surface area contributed by atoms with E-state index < -0.39 is 10.9 Å². The van der Waals surface area contributed by atoms with Crippen LogP contribution >= 0.6 is 0 Å². The Morgan fingerprint density at radius 2 is 2.21 bits per heavy atom. The average Bonchev–Trinajstić information content (AvgIpc) is 2.43. The van der Waals surface area contributed by atoms with Gasteiger partial charge in [-0.25, -0.2) is 4.79 Å². The summed E-state index contributed by atoms with van der Waals surface area (Å²) in [6, 6.07) is 4.03. The highest BCUT2D eigenvalue weighted by Crippen LogP contribution is 2.26. The Hall–Kier alpha value is -2.44. The molecule has 0 aliphatic carbocycles. The molecule has 0 radical (unpaired) electrons. The van der Waals surface area contributed by atoms with Crippen molar-refractivity contribution in [3.8, 4) is 0 Å². The molecule has 1 rings (SSSR count). The van der Waals surface area contributed by atoms with Crippen molar-refractivity contribution in [1.82, 2.24) is 0 Å². The quantitative estimate of drug-likeness (QED) is 0.382. The van der Waals surface area contributed by atoms with E-state index in [-0.39, 0.29) is 16.9 Å². The molecular formula is C12H15N3O4. The standard InChI is InChI=1S/C12H15N3O4/c1-4-8(2)13-14-10-6-5-9(12(16)19-3)7-11(10)15(17)18/h5-7,14H,4H2,1-3H3. The molecule has 1 N–H and O–H groups in total. The number of esters is 1. The molecule has 7 nitrogen and oxygen atoms in total. The average molecular weight is 265 g/mol. The van der Waals surface area contributed by atoms with E-state index in [1.165, 1.54) is 19.2 Å². The fraction of sp³-hybridized carbons (Fsp3) is 0.333. The molecule has 0 saturated carbocycles. The minimum Gasteiger partial charge on any atom is -0.465 e. The van der Waals surface area contributed by atoms with Crippen molar-refractivity contribution in [3.05, 3.63) is 33.9 Å². The molecule has 0 spiro atoms. The smallest absolute Gasteiger partial charge is 0.338 e. The third-order valence-corrected chi connectivity index (χ3v) is 2.49. The first-order chi connectivity index (χ1) is 8.99. The topological polar surface area (TPSA) is 93.8 Å². The van der Waals surface area contributed by atoms with Gasteiger partial charge in [-0.15, -0.1) is 0 Å². The zero-order valence-corrected chi connectivity index (χ0v) is 11.0. The Morgan fingerprint density at radius 1 is 1.53 bits per heavy atom. The molecule has 0 aliphatic rings. The molecule has 0 unspecified atom stereocenters. The van der Waals surface area contributed by atoms with Gasteiger partial charge in [-0.05, 0) is 25.5 Å². The van der Waals surface area contributed by atoms with Crippen LogP contribution in [0.2, 0.25) is 0 Å². The van der Waals surface area contributed by atoms with Gasteiger partial charge in [-0.3, -0.25) is 15.5 Å². The zero-order valence-electron chi connectivity index (χ0n) is 11.0. The fourth-order valence-electron chi connectivity index (χ4n) is 1.26. The lowest BCUT2D eigenvalue weighted by Gasteiger charge is -2.05. The van der Waals surface area contributed by atoms with Crippen molar-refractivity contribution < 1.29 is 14.5 Å². The summed E-state index contributed by atoms with van der Waals surface area (Å²) >= 11 is 0. The van der Waals surface area contributed by atoms with Gasteiger partial charge in [0.05, 0.1) is 17.6 Å². The van der Waals surface area contributed by atoms with Crippen LogP contribution in [0.3, 0.4) is 0 Å². The van der Waals surface area contributed by atoms with Crippen LogP contribution in [0.1, 0.15) is 30.6 Å². The van der Waals surface area contributed by atoms with E-state index in [0.29, 0.717) is 0 Å². The molecule has 102 valence electrons. The van der Waals surface area contributed by atoms with Crippen LogP contribution in [0.15, 0.2) is 23.3 Å². The van der Waals surface area contributed by atoms with E-state index in [2.05, 4.69) is 15.3 Å². The Labute approximate surface area is 110 Å². The number of hydrogen-bond acceptors (Lipinski definition) is 6. The second kappa shape index (κ2) is 6.48. The maximum absolute atomic E-state index is 11.3. The van der Waals surface area contributed by atoms with Gasteiger partial charge in [-0.2, -0.15) is 5.10 Å². The van der Waals surface area contributed by atoms with Crippen molar-refractivity contribution in [3.63, 3.8) is 0 Å². The molecule has 0 bridgehead atoms. The van der Waals surface area contributed by atoms with Gasteiger partial charge in [0, 0.05) is 11.8 Å². The third kappa shape index (κ3) is 3.77. The monoisotopic (exact) mass is 265 g/mol. The van der Waals surface area contributed by atoms with Crippen molar-refractivity contribution in [1.29, 1.82) is 0 Å². The van der Waals surface area contributed by atoms with E-state index in [1.54, 1.807) is 0 Å². The van der Waals surface area contributed by atoms with Crippen molar-refractivity contribution >= 4 is 23.1 Å². The van der Waals surface area contributed by atoms with Crippen LogP contribution in [0.25, 0.3) is 0 Å². The highest BCUT2D eigenvalue weighted by molar-refractivity contribution is 5.91. The second-order valence-corrected chi connectivity index (χ2v) is 3.79. The van der Waals surface area contributed by atoms with E-state index in [4.69, 9.17) is 0 Å². The normalized spacial score (nSPS) is 11.0. The number of benzene rings is 1. The number of nitro benzene ring substituents is 1. The molecule has 0 saturated heterocycles. The first-order valence-corrected chi connectivity index (χ1v) is 5.65. The van der Waals surface area contributed by atoms with Crippen LogP contribution in [0.5, 0.6) is 0 Å². The molecule has 1 aromatic carbocycles. The van der Waals surface area contributed by atoms with Gasteiger partial charge in [0.15, 0.2) is 0 Å². The molecule has 0 atom stereocenters. The number of nitro groups is 1. The lowest BCUT2D eigenvalue weighted by atomic mass is 10.2. The number of methoxy groups -OCH3 is 1. The molecule has 0 aliphatic heterocycles. The second-order valence-electron chi connectivity index (χ2n) is 3.79. The Morgan fingerprint density at radius 3 is 2.74 bits per heavy atom. The summed E-state index contributed by atoms with van der Waals surface area (Å²) in [7, 11) is 1.22. The van der Waals surface area contributed by atoms with Crippen LogP contribution in [0.4, 0.5) is 11.4 Å². The van der Waals surface area contributed by atoms with E-state index in [0.717, 1.165) is 18.2 Å². The number of carbonyl (C=O) groups is 1. The predicted molar refractivity (Wildman–Crippen MR) is 71.5 cm³/mol. The summed E-state index contributed by atoms with van der Waals surface area (Å²) in [4.78, 5) is 21.7. The minimum absolute atomic E-state index is 0.121. The molecule has 0 fully saturated rings. The fourth-order valence-corrected chi connectivity index (χ4v) is 1.26. The van der Waals surface area contributed by atoms with Crippen LogP contribution in [-0.4, -0.2) is 23.7 Å². The summed E-state index contributed by atoms with van der Waals surface area (Å²) in [5.41, 5.74) is 3.56. The number of anilines is 1. The molecule has 0 aromatic heterocycles. The number of carbonyl (C=O) groups excluding carboxylic acids is 1. The summed E-state index contributed by atoms with van der Waals surface area (Å²) in [5, 5.41) is 15.0. The SMILES string of the molecule is CCC(C)=NNc1ccc(C(=O)OC)cc1[N+](=O)[O-]. The molecule has 0 amide bonds. The molecule has 7 heteroatoms. The van der Waals surface area contributed by atoms with Crippen molar-refractivity contribution in [2.45, 2.75) is 20.3 Å². The predicted octanol–water partition coefficient (Wildman–Crippen LogP) is 2.58. The summed E-state index contributed by atoms with van der Waals surface area (Å²) in [6.45, 7) is 3.73. The lowest BCUT2D eigenvalue weighted by Crippen LogP contribution is -2.04. The van der Waals surface area contributed by atoms with Crippen LogP contribution in [-0.2, 0) is 4.74 Å². The summed E-state index contributed by atoms with van der Waals surface area (Å²) < 4.78 is 4.52. The summed E-state index contributed by atoms with van der Waals surface area (Å²) in [5.74, 6) is -0.622. The molecule has 19 heavy (non-hydrogen) atoms. The van der Waals surface area contributed by atoms with Gasteiger partial charge in [0.1, 0.15) is 5.69 Å². The molecule has 1 aromatic rings. The highest BCUT2D eigenvalue weighted by Gasteiger charge is 2.17. The van der Waals surface area contributed by atoms with Gasteiger partial charge in [0.25, 0.3) is 5.69 Å². The Kier molecular flexibility index (Phi) is 4.99. The van der Waals surface area contributed by atoms with E-state index in [9.17, 15) is 14.9 Å². The largest absolute Gasteiger partial charge is 0.465 e. The Balaban J connectivity index is 3.12. The lowest BCUT2D eigenvalue weighted by molar-refractivity contribution is -0.384. The minimum atomic E-state index is -0.622. The number of nitrogens with one attached hydrogen (secondary N) is 1. The maximum atomic E-state index is 11.3. The van der Waals surface area contributed by atoms with Crippen molar-refractivity contribution in [2.75, 3.05) is 12.5 Å². The number of rotatable bonds is 5. The number of nitrogens with zero attached hydrogens (tertiary/aromatic N) is 2. The van der Waals surface area contributed by atoms with Crippen LogP contribution < -0.4 is 5.43 Å². The van der Waals surface area contributed by atoms with Crippen LogP contribution in [0, 0.1) is 10.1 Å². The molecular weight excluding hydrogens is 250 g/mol. The first kappa shape index (κ1) is 14.6. The van der Waals surface area contributed by atoms with Crippen molar-refractivity contribution in [2.24, 2.45) is 5.10 Å².